The van der Waals surface area contributed by atoms with Crippen molar-refractivity contribution in [2.75, 3.05) is 26.3 Å². The van der Waals surface area contributed by atoms with E-state index >= 15 is 0 Å². The molecule has 1 aliphatic heterocycles. The van der Waals surface area contributed by atoms with Crippen LogP contribution in [-0.4, -0.2) is 41.8 Å². The SMILES string of the molecule is Cl.Cl.NCC1(C(=O)NCCc2nc3ccccc3n2C(F)F)CCOCC1. The van der Waals surface area contributed by atoms with E-state index in [1.165, 1.54) is 0 Å². The first-order valence-electron chi connectivity index (χ1n) is 8.37. The van der Waals surface area contributed by atoms with E-state index in [4.69, 9.17) is 10.5 Å². The number of rotatable bonds is 6. The number of aromatic nitrogens is 2. The molecule has 0 spiro atoms. The summed E-state index contributed by atoms with van der Waals surface area (Å²) in [7, 11) is 0. The molecule has 6 nitrogen and oxygen atoms in total. The van der Waals surface area contributed by atoms with Gasteiger partial charge in [0.1, 0.15) is 5.82 Å². The number of carbonyl (C=O) groups excluding carboxylic acids is 1. The number of hydrogen-bond acceptors (Lipinski definition) is 4. The minimum absolute atomic E-state index is 0. The van der Waals surface area contributed by atoms with E-state index in [0.717, 1.165) is 4.57 Å². The maximum Gasteiger partial charge on any atom is 0.320 e. The highest BCUT2D eigenvalue weighted by molar-refractivity contribution is 5.85. The Hall–Kier alpha value is -1.48. The van der Waals surface area contributed by atoms with Crippen LogP contribution in [0.1, 0.15) is 25.2 Å². The summed E-state index contributed by atoms with van der Waals surface area (Å²) in [6.45, 7) is -1.18. The van der Waals surface area contributed by atoms with Crippen LogP contribution in [0.5, 0.6) is 0 Å². The summed E-state index contributed by atoms with van der Waals surface area (Å²) in [4.78, 5) is 16.8. The number of carbonyl (C=O) groups is 1. The topological polar surface area (TPSA) is 82.2 Å². The lowest BCUT2D eigenvalue weighted by Crippen LogP contribution is -2.49. The second kappa shape index (κ2) is 10.2. The molecule has 1 aliphatic rings. The number of nitrogens with two attached hydrogens (primary N) is 1. The number of alkyl halides is 2. The van der Waals surface area contributed by atoms with Gasteiger partial charge in [0.2, 0.25) is 5.91 Å². The Morgan fingerprint density at radius 2 is 1.96 bits per heavy atom. The minimum Gasteiger partial charge on any atom is -0.381 e. The van der Waals surface area contributed by atoms with E-state index in [-0.39, 0.29) is 56.1 Å². The highest BCUT2D eigenvalue weighted by Gasteiger charge is 2.38. The zero-order valence-electron chi connectivity index (χ0n) is 14.7. The molecule has 2 aromatic rings. The van der Waals surface area contributed by atoms with Gasteiger partial charge in [-0.3, -0.25) is 9.36 Å². The number of ether oxygens (including phenoxy) is 1. The van der Waals surface area contributed by atoms with Crippen molar-refractivity contribution >= 4 is 41.8 Å². The van der Waals surface area contributed by atoms with Crippen LogP contribution in [-0.2, 0) is 16.0 Å². The first kappa shape index (κ1) is 23.6. The third kappa shape index (κ3) is 4.87. The van der Waals surface area contributed by atoms with Crippen LogP contribution in [0, 0.1) is 5.41 Å². The summed E-state index contributed by atoms with van der Waals surface area (Å²) in [5.41, 5.74) is 6.09. The van der Waals surface area contributed by atoms with Crippen LogP contribution >= 0.6 is 24.8 Å². The highest BCUT2D eigenvalue weighted by atomic mass is 35.5. The van der Waals surface area contributed by atoms with Crippen molar-refractivity contribution in [1.82, 2.24) is 14.9 Å². The second-order valence-electron chi connectivity index (χ2n) is 6.27. The largest absolute Gasteiger partial charge is 0.381 e. The van der Waals surface area contributed by atoms with Gasteiger partial charge in [-0.15, -0.1) is 24.8 Å². The lowest BCUT2D eigenvalue weighted by Gasteiger charge is -2.34. The molecule has 0 atom stereocenters. The summed E-state index contributed by atoms with van der Waals surface area (Å²) in [5.74, 6) is 0.114. The van der Waals surface area contributed by atoms with Crippen molar-refractivity contribution in [1.29, 1.82) is 0 Å². The van der Waals surface area contributed by atoms with Crippen molar-refractivity contribution in [2.45, 2.75) is 25.8 Å². The van der Waals surface area contributed by atoms with Gasteiger partial charge in [-0.1, -0.05) is 12.1 Å². The van der Waals surface area contributed by atoms with Crippen molar-refractivity contribution in [3.05, 3.63) is 30.1 Å². The second-order valence-corrected chi connectivity index (χ2v) is 6.27. The molecule has 1 fully saturated rings. The predicted molar refractivity (Wildman–Crippen MR) is 104 cm³/mol. The van der Waals surface area contributed by atoms with Gasteiger partial charge in [0.15, 0.2) is 0 Å². The Morgan fingerprint density at radius 1 is 1.30 bits per heavy atom. The molecule has 1 amide bonds. The number of benzene rings is 1. The normalized spacial score (nSPS) is 15.9. The number of hydrogen-bond donors (Lipinski definition) is 2. The van der Waals surface area contributed by atoms with Gasteiger partial charge in [0.25, 0.3) is 0 Å². The third-order valence-corrected chi connectivity index (χ3v) is 4.82. The molecule has 3 rings (SSSR count). The van der Waals surface area contributed by atoms with E-state index in [2.05, 4.69) is 10.3 Å². The molecule has 0 saturated carbocycles. The molecule has 1 aromatic heterocycles. The van der Waals surface area contributed by atoms with Gasteiger partial charge in [-0.2, -0.15) is 8.78 Å². The van der Waals surface area contributed by atoms with Crippen molar-refractivity contribution in [3.63, 3.8) is 0 Å². The van der Waals surface area contributed by atoms with Crippen LogP contribution < -0.4 is 11.1 Å². The van der Waals surface area contributed by atoms with Gasteiger partial charge in [-0.25, -0.2) is 4.98 Å². The fraction of sp³-hybridized carbons (Fsp3) is 0.529. The lowest BCUT2D eigenvalue weighted by molar-refractivity contribution is -0.135. The summed E-state index contributed by atoms with van der Waals surface area (Å²) in [6, 6.07) is 6.77. The van der Waals surface area contributed by atoms with E-state index in [9.17, 15) is 13.6 Å². The molecule has 1 saturated heterocycles. The fourth-order valence-electron chi connectivity index (χ4n) is 3.25. The van der Waals surface area contributed by atoms with Crippen LogP contribution in [0.25, 0.3) is 11.0 Å². The quantitative estimate of drug-likeness (QED) is 0.746. The molecular weight excluding hydrogens is 401 g/mol. The minimum atomic E-state index is -2.68. The Balaban J connectivity index is 0.00000182. The highest BCUT2D eigenvalue weighted by Crippen LogP contribution is 2.29. The van der Waals surface area contributed by atoms with E-state index in [1.54, 1.807) is 24.3 Å². The molecule has 10 heteroatoms. The monoisotopic (exact) mass is 424 g/mol. The third-order valence-electron chi connectivity index (χ3n) is 4.82. The standard InChI is InChI=1S/C17H22F2N4O2.2ClH/c18-16(19)23-13-4-2-1-3-12(13)22-14(23)5-8-21-15(24)17(11-20)6-9-25-10-7-17;;/h1-4,16H,5-11,20H2,(H,21,24);2*1H. The van der Waals surface area contributed by atoms with Crippen LogP contribution in [0.3, 0.4) is 0 Å². The molecule has 152 valence electrons. The van der Waals surface area contributed by atoms with Gasteiger partial charge in [0.05, 0.1) is 16.4 Å². The smallest absolute Gasteiger partial charge is 0.320 e. The first-order valence-corrected chi connectivity index (χ1v) is 8.37. The molecule has 27 heavy (non-hydrogen) atoms. The summed E-state index contributed by atoms with van der Waals surface area (Å²) < 4.78 is 33.0. The summed E-state index contributed by atoms with van der Waals surface area (Å²) >= 11 is 0. The molecule has 0 radical (unpaired) electrons. The number of nitrogens with zero attached hydrogens (tertiary/aromatic N) is 2. The zero-order valence-corrected chi connectivity index (χ0v) is 16.3. The van der Waals surface area contributed by atoms with E-state index in [0.29, 0.717) is 37.1 Å². The van der Waals surface area contributed by atoms with Crippen LogP contribution in [0.2, 0.25) is 0 Å². The molecule has 0 aliphatic carbocycles. The van der Waals surface area contributed by atoms with Crippen molar-refractivity contribution in [2.24, 2.45) is 11.1 Å². The fourth-order valence-corrected chi connectivity index (χ4v) is 3.25. The van der Waals surface area contributed by atoms with E-state index in [1.807, 2.05) is 0 Å². The number of nitrogens with one attached hydrogen (secondary N) is 1. The number of halogens is 4. The molecule has 0 bridgehead atoms. The predicted octanol–water partition coefficient (Wildman–Crippen LogP) is 2.69. The van der Waals surface area contributed by atoms with Gasteiger partial charge in [0, 0.05) is 32.7 Å². The van der Waals surface area contributed by atoms with Gasteiger partial charge in [-0.05, 0) is 25.0 Å². The Bertz CT molecular complexity index is 752. The molecule has 0 unspecified atom stereocenters. The molecule has 3 N–H and O–H groups in total. The van der Waals surface area contributed by atoms with Gasteiger partial charge < -0.3 is 15.8 Å². The lowest BCUT2D eigenvalue weighted by atomic mass is 9.79. The maximum atomic E-state index is 13.4. The Kier molecular flexibility index (Phi) is 8.87. The Morgan fingerprint density at radius 3 is 2.59 bits per heavy atom. The van der Waals surface area contributed by atoms with Crippen LogP contribution in [0.4, 0.5) is 8.78 Å². The van der Waals surface area contributed by atoms with Crippen molar-refractivity contribution < 1.29 is 18.3 Å². The number of imidazole rings is 1. The average Bonchev–Trinajstić information content (AvgIpc) is 3.00. The maximum absolute atomic E-state index is 13.4. The first-order chi connectivity index (χ1) is 12.1. The number of fused-ring (bicyclic) bond motifs is 1. The zero-order chi connectivity index (χ0) is 17.9. The number of para-hydroxylation sites is 2. The van der Waals surface area contributed by atoms with Crippen LogP contribution in [0.15, 0.2) is 24.3 Å². The summed E-state index contributed by atoms with van der Waals surface area (Å²) in [6.07, 6.45) is 1.37. The number of amides is 1. The van der Waals surface area contributed by atoms with E-state index < -0.39 is 12.0 Å². The molecular formula is C17H24Cl2F2N4O2. The summed E-state index contributed by atoms with van der Waals surface area (Å²) in [5, 5.41) is 2.83. The van der Waals surface area contributed by atoms with Gasteiger partial charge >= 0.3 is 6.55 Å². The average molecular weight is 425 g/mol. The molecule has 1 aromatic carbocycles. The Labute approximate surface area is 168 Å². The van der Waals surface area contributed by atoms with Crippen molar-refractivity contribution in [3.8, 4) is 0 Å². The molecule has 2 heterocycles.